The molecule has 0 bridgehead atoms. The molecule has 1 aromatic carbocycles. The molecular weight excluding hydrogens is 535 g/mol. The number of hydrogen-bond acceptors (Lipinski definition) is 8. The second kappa shape index (κ2) is 9.00. The van der Waals surface area contributed by atoms with Crippen molar-refractivity contribution in [2.24, 2.45) is 18.2 Å². The first-order chi connectivity index (χ1) is 18.5. The summed E-state index contributed by atoms with van der Waals surface area (Å²) >= 11 is 1.02. The molecule has 1 spiro atoms. The average Bonchev–Trinajstić information content (AvgIpc) is 3.48. The Bertz CT molecular complexity index is 1580. The number of benzene rings is 1. The van der Waals surface area contributed by atoms with E-state index in [0.29, 0.717) is 21.6 Å². The molecule has 0 radical (unpaired) electrons. The summed E-state index contributed by atoms with van der Waals surface area (Å²) in [5.74, 6) is -0.790. The molecule has 14 heteroatoms. The lowest BCUT2D eigenvalue weighted by Crippen LogP contribution is -2.58. The Kier molecular flexibility index (Phi) is 5.82. The number of rotatable bonds is 6. The molecule has 6 rings (SSSR count). The van der Waals surface area contributed by atoms with Crippen LogP contribution in [0.2, 0.25) is 0 Å². The molecule has 202 valence electrons. The highest BCUT2D eigenvalue weighted by atomic mass is 32.1. The number of nitrogens with zero attached hydrogens (tertiary/aromatic N) is 5. The van der Waals surface area contributed by atoms with Crippen molar-refractivity contribution >= 4 is 34.2 Å². The topological polar surface area (TPSA) is 138 Å². The first kappa shape index (κ1) is 25.2. The van der Waals surface area contributed by atoms with Gasteiger partial charge in [0.05, 0.1) is 11.8 Å². The van der Waals surface area contributed by atoms with E-state index in [1.165, 1.54) is 12.1 Å². The van der Waals surface area contributed by atoms with Gasteiger partial charge in [0.1, 0.15) is 16.7 Å². The van der Waals surface area contributed by atoms with Crippen LogP contribution >= 0.6 is 11.3 Å². The van der Waals surface area contributed by atoms with Gasteiger partial charge in [-0.05, 0) is 49.3 Å². The molecule has 2 aliphatic carbocycles. The van der Waals surface area contributed by atoms with Gasteiger partial charge in [-0.1, -0.05) is 23.5 Å². The number of aryl methyl sites for hydroxylation is 1. The predicted octanol–water partition coefficient (Wildman–Crippen LogP) is 3.72. The van der Waals surface area contributed by atoms with E-state index < -0.39 is 17.6 Å². The number of hydrogen-bond donors (Lipinski definition) is 2. The number of carbonyl (C=O) groups excluding carboxylic acids is 2. The second-order valence-electron chi connectivity index (χ2n) is 10.1. The van der Waals surface area contributed by atoms with Crippen LogP contribution in [0.4, 0.5) is 13.2 Å². The maximum atomic E-state index is 12.8. The number of nitrogens with two attached hydrogens (primary N) is 1. The van der Waals surface area contributed by atoms with E-state index in [1.807, 2.05) is 0 Å². The molecule has 2 amide bonds. The average molecular weight is 558 g/mol. The number of primary amides is 1. The number of aromatic nitrogens is 5. The number of nitrogens with one attached hydrogen (secondary N) is 1. The molecule has 0 aliphatic heterocycles. The van der Waals surface area contributed by atoms with Gasteiger partial charge >= 0.3 is 6.18 Å². The van der Waals surface area contributed by atoms with Crippen molar-refractivity contribution in [2.75, 3.05) is 0 Å². The van der Waals surface area contributed by atoms with Crippen molar-refractivity contribution in [3.63, 3.8) is 0 Å². The monoisotopic (exact) mass is 557 g/mol. The highest BCUT2D eigenvalue weighted by molar-refractivity contribution is 7.16. The summed E-state index contributed by atoms with van der Waals surface area (Å²) in [6.45, 7) is 0. The number of ether oxygens (including phenoxy) is 1. The molecule has 0 atom stereocenters. The van der Waals surface area contributed by atoms with Crippen molar-refractivity contribution in [1.29, 1.82) is 0 Å². The van der Waals surface area contributed by atoms with Gasteiger partial charge in [0.2, 0.25) is 10.9 Å². The van der Waals surface area contributed by atoms with Crippen LogP contribution in [0.1, 0.15) is 51.4 Å². The van der Waals surface area contributed by atoms with Crippen LogP contribution in [-0.4, -0.2) is 48.9 Å². The Labute approximate surface area is 223 Å². The van der Waals surface area contributed by atoms with Crippen LogP contribution < -0.4 is 15.8 Å². The summed E-state index contributed by atoms with van der Waals surface area (Å²) in [5.41, 5.74) is 6.09. The zero-order valence-electron chi connectivity index (χ0n) is 20.5. The normalized spacial score (nSPS) is 22.4. The van der Waals surface area contributed by atoms with E-state index in [-0.39, 0.29) is 39.9 Å². The standard InChI is InChI=1S/C25H22F3N7O3S/c1-35-19-13(11-30-35)6-17(18(29)36)21(32-19)38-16-9-24(10-16)7-15(8-24)31-20(37)23-34-33-22(39-23)12-2-4-14(5-3-12)25(26,27)28/h2-6,11,15-16H,7-10H2,1H3,(H2,29,36)(H,31,37). The Morgan fingerprint density at radius 2 is 1.87 bits per heavy atom. The number of alkyl halides is 3. The summed E-state index contributed by atoms with van der Waals surface area (Å²) in [6, 6.07) is 6.18. The Morgan fingerprint density at radius 1 is 1.15 bits per heavy atom. The molecule has 2 saturated carbocycles. The fraction of sp³-hybridized carbons (Fsp3) is 0.360. The lowest BCUT2D eigenvalue weighted by molar-refractivity contribution is -0.137. The Morgan fingerprint density at radius 3 is 2.54 bits per heavy atom. The SMILES string of the molecule is Cn1ncc2cc(C(N)=O)c(OC3CC4(CC(NC(=O)c5nnc(-c6ccc(C(F)(F)F)cc6)s5)C4)C3)nc21. The number of halogens is 3. The van der Waals surface area contributed by atoms with Crippen molar-refractivity contribution in [3.8, 4) is 16.5 Å². The molecule has 4 aromatic rings. The third-order valence-corrected chi connectivity index (χ3v) is 8.28. The van der Waals surface area contributed by atoms with Gasteiger partial charge < -0.3 is 15.8 Å². The summed E-state index contributed by atoms with van der Waals surface area (Å²) in [6.07, 6.45) is 0.151. The minimum Gasteiger partial charge on any atom is -0.474 e. The van der Waals surface area contributed by atoms with E-state index >= 15 is 0 Å². The largest absolute Gasteiger partial charge is 0.474 e. The summed E-state index contributed by atoms with van der Waals surface area (Å²) in [7, 11) is 1.75. The summed E-state index contributed by atoms with van der Waals surface area (Å²) in [5, 5.41) is 16.2. The van der Waals surface area contributed by atoms with Crippen LogP contribution in [0.3, 0.4) is 0 Å². The molecule has 39 heavy (non-hydrogen) atoms. The van der Waals surface area contributed by atoms with E-state index in [0.717, 1.165) is 49.2 Å². The molecule has 3 heterocycles. The number of pyridine rings is 1. The van der Waals surface area contributed by atoms with E-state index in [1.54, 1.807) is 24.0 Å². The number of amides is 2. The van der Waals surface area contributed by atoms with Gasteiger partial charge in [-0.15, -0.1) is 10.2 Å². The summed E-state index contributed by atoms with van der Waals surface area (Å²) in [4.78, 5) is 29.1. The third kappa shape index (κ3) is 4.68. The lowest BCUT2D eigenvalue weighted by atomic mass is 9.53. The molecule has 0 unspecified atom stereocenters. The van der Waals surface area contributed by atoms with Gasteiger partial charge in [0, 0.05) is 24.0 Å². The fourth-order valence-electron chi connectivity index (χ4n) is 5.38. The van der Waals surface area contributed by atoms with Crippen LogP contribution in [-0.2, 0) is 13.2 Å². The minimum atomic E-state index is -4.42. The van der Waals surface area contributed by atoms with E-state index in [4.69, 9.17) is 10.5 Å². The second-order valence-corrected chi connectivity index (χ2v) is 11.1. The maximum absolute atomic E-state index is 12.8. The van der Waals surface area contributed by atoms with Gasteiger partial charge in [-0.25, -0.2) is 0 Å². The molecule has 10 nitrogen and oxygen atoms in total. The van der Waals surface area contributed by atoms with Crippen molar-refractivity contribution < 1.29 is 27.5 Å². The summed E-state index contributed by atoms with van der Waals surface area (Å²) < 4.78 is 46.0. The number of carbonyl (C=O) groups is 2. The minimum absolute atomic E-state index is 0.0260. The van der Waals surface area contributed by atoms with Crippen molar-refractivity contribution in [2.45, 2.75) is 44.0 Å². The highest BCUT2D eigenvalue weighted by Gasteiger charge is 2.54. The predicted molar refractivity (Wildman–Crippen MR) is 134 cm³/mol. The Hall–Kier alpha value is -4.07. The molecule has 0 saturated heterocycles. The number of fused-ring (bicyclic) bond motifs is 1. The smallest absolute Gasteiger partial charge is 0.416 e. The van der Waals surface area contributed by atoms with Crippen LogP contribution in [0.25, 0.3) is 21.6 Å². The molecule has 3 N–H and O–H groups in total. The van der Waals surface area contributed by atoms with Crippen molar-refractivity contribution in [1.82, 2.24) is 30.3 Å². The zero-order chi connectivity index (χ0) is 27.5. The Balaban J connectivity index is 1.02. The van der Waals surface area contributed by atoms with E-state index in [2.05, 4.69) is 25.6 Å². The molecule has 2 aliphatic rings. The van der Waals surface area contributed by atoms with Crippen LogP contribution in [0.5, 0.6) is 5.88 Å². The third-order valence-electron chi connectivity index (χ3n) is 7.31. The van der Waals surface area contributed by atoms with Gasteiger partial charge in [-0.2, -0.15) is 23.3 Å². The van der Waals surface area contributed by atoms with Gasteiger partial charge in [0.15, 0.2) is 5.65 Å². The maximum Gasteiger partial charge on any atom is 0.416 e. The quantitative estimate of drug-likeness (QED) is 0.369. The fourth-order valence-corrected chi connectivity index (χ4v) is 6.13. The van der Waals surface area contributed by atoms with Crippen LogP contribution in [0, 0.1) is 5.41 Å². The van der Waals surface area contributed by atoms with Crippen molar-refractivity contribution in [3.05, 3.63) is 52.7 Å². The lowest BCUT2D eigenvalue weighted by Gasteiger charge is -2.57. The molecular formula is C25H22F3N7O3S. The zero-order valence-corrected chi connectivity index (χ0v) is 21.3. The van der Waals surface area contributed by atoms with E-state index in [9.17, 15) is 22.8 Å². The first-order valence-corrected chi connectivity index (χ1v) is 12.9. The molecule has 3 aromatic heterocycles. The van der Waals surface area contributed by atoms with Gasteiger partial charge in [-0.3, -0.25) is 14.3 Å². The first-order valence-electron chi connectivity index (χ1n) is 12.1. The van der Waals surface area contributed by atoms with Gasteiger partial charge in [0.25, 0.3) is 11.8 Å². The highest BCUT2D eigenvalue weighted by Crippen LogP contribution is 2.57. The van der Waals surface area contributed by atoms with Crippen LogP contribution in [0.15, 0.2) is 36.5 Å². The molecule has 2 fully saturated rings.